The third-order valence-electron chi connectivity index (χ3n) is 1.00. The Balaban J connectivity index is 0.000000640. The smallest absolute Gasteiger partial charge is 0.115 e. The number of aryl methyl sites for hydroxylation is 1. The Morgan fingerprint density at radius 1 is 1.33 bits per heavy atom. The molecule has 9 heavy (non-hydrogen) atoms. The Morgan fingerprint density at radius 3 is 2.33 bits per heavy atom. The number of halogens is 1. The van der Waals surface area contributed by atoms with Gasteiger partial charge in [-0.2, -0.15) is 0 Å². The highest BCUT2D eigenvalue weighted by molar-refractivity contribution is 5.85. The zero-order valence-corrected chi connectivity index (χ0v) is 5.98. The minimum atomic E-state index is 0. The van der Waals surface area contributed by atoms with Crippen molar-refractivity contribution >= 4 is 12.4 Å². The zero-order valence-electron chi connectivity index (χ0n) is 5.16. The van der Waals surface area contributed by atoms with Gasteiger partial charge in [-0.3, -0.25) is 0 Å². The molecule has 0 aromatic heterocycles. The van der Waals surface area contributed by atoms with E-state index in [-0.39, 0.29) is 12.4 Å². The second kappa shape index (κ2) is 3.36. The van der Waals surface area contributed by atoms with Crippen LogP contribution in [0.2, 0.25) is 0 Å². The van der Waals surface area contributed by atoms with Crippen molar-refractivity contribution in [2.24, 2.45) is 0 Å². The maximum Gasteiger partial charge on any atom is 0.115 e. The number of phenolic OH excluding ortho intramolecular Hbond substituents is 1. The van der Waals surface area contributed by atoms with Crippen LogP contribution < -0.4 is 0 Å². The molecule has 0 spiro atoms. The maximum absolute atomic E-state index is 8.81. The zero-order chi connectivity index (χ0) is 5.98. The summed E-state index contributed by atoms with van der Waals surface area (Å²) < 4.78 is 0. The standard InChI is InChI=1S/C7H8O.ClH/c1-6-3-2-4-7(8)5-6;/h2-5,8H,1H3;1H. The molecule has 0 bridgehead atoms. The third-order valence-corrected chi connectivity index (χ3v) is 1.00. The van der Waals surface area contributed by atoms with Crippen molar-refractivity contribution in [1.29, 1.82) is 0 Å². The average Bonchev–Trinajstić information content (AvgIpc) is 1.64. The molecule has 0 atom stereocenters. The molecule has 0 aliphatic carbocycles. The molecule has 2 heteroatoms. The number of hydrogen-bond acceptors (Lipinski definition) is 1. The highest BCUT2D eigenvalue weighted by Gasteiger charge is 1.83. The van der Waals surface area contributed by atoms with Gasteiger partial charge < -0.3 is 5.11 Å². The van der Waals surface area contributed by atoms with Crippen LogP contribution in [-0.2, 0) is 0 Å². The Labute approximate surface area is 60.7 Å². The van der Waals surface area contributed by atoms with Gasteiger partial charge in [-0.25, -0.2) is 0 Å². The lowest BCUT2D eigenvalue weighted by Crippen LogP contribution is -1.66. The predicted molar refractivity (Wildman–Crippen MR) is 40.1 cm³/mol. The number of benzene rings is 1. The third kappa shape index (κ3) is 2.38. The molecule has 0 fully saturated rings. The molecular formula is C7H9ClO. The number of rotatable bonds is 0. The van der Waals surface area contributed by atoms with E-state index in [4.69, 9.17) is 5.11 Å². The van der Waals surface area contributed by atoms with E-state index >= 15 is 0 Å². The lowest BCUT2D eigenvalue weighted by atomic mass is 10.2. The summed E-state index contributed by atoms with van der Waals surface area (Å²) in [5.74, 6) is 0.338. The molecule has 0 aliphatic rings. The first-order valence-electron chi connectivity index (χ1n) is 2.54. The molecule has 1 nitrogen and oxygen atoms in total. The van der Waals surface area contributed by atoms with Crippen molar-refractivity contribution in [2.75, 3.05) is 0 Å². The van der Waals surface area contributed by atoms with Crippen LogP contribution in [0.5, 0.6) is 5.75 Å². The van der Waals surface area contributed by atoms with Gasteiger partial charge in [0.15, 0.2) is 0 Å². The lowest BCUT2D eigenvalue weighted by Gasteiger charge is -1.89. The molecule has 1 aromatic rings. The predicted octanol–water partition coefficient (Wildman–Crippen LogP) is 2.12. The van der Waals surface area contributed by atoms with Crippen LogP contribution in [0, 0.1) is 6.92 Å². The van der Waals surface area contributed by atoms with Crippen molar-refractivity contribution in [2.45, 2.75) is 6.92 Å². The van der Waals surface area contributed by atoms with Crippen LogP contribution >= 0.6 is 12.4 Å². The fraction of sp³-hybridized carbons (Fsp3) is 0.143. The number of hydrogen-bond donors (Lipinski definition) is 1. The molecule has 0 amide bonds. The van der Waals surface area contributed by atoms with Crippen LogP contribution in [0.25, 0.3) is 0 Å². The minimum Gasteiger partial charge on any atom is -0.508 e. The van der Waals surface area contributed by atoms with E-state index in [1.54, 1.807) is 12.1 Å². The molecular weight excluding hydrogens is 136 g/mol. The summed E-state index contributed by atoms with van der Waals surface area (Å²) in [6.45, 7) is 1.94. The van der Waals surface area contributed by atoms with Gasteiger partial charge in [0.1, 0.15) is 5.75 Å². The molecule has 0 unspecified atom stereocenters. The molecule has 1 rings (SSSR count). The maximum atomic E-state index is 8.81. The highest BCUT2D eigenvalue weighted by Crippen LogP contribution is 2.08. The fourth-order valence-corrected chi connectivity index (χ4v) is 0.628. The molecule has 0 radical (unpaired) electrons. The van der Waals surface area contributed by atoms with E-state index in [0.717, 1.165) is 5.56 Å². The van der Waals surface area contributed by atoms with Crippen LogP contribution in [-0.4, -0.2) is 5.11 Å². The monoisotopic (exact) mass is 144 g/mol. The minimum absolute atomic E-state index is 0. The second-order valence-electron chi connectivity index (χ2n) is 1.84. The quantitative estimate of drug-likeness (QED) is 0.592. The summed E-state index contributed by atoms with van der Waals surface area (Å²) in [5.41, 5.74) is 1.09. The topological polar surface area (TPSA) is 20.2 Å². The summed E-state index contributed by atoms with van der Waals surface area (Å²) in [5, 5.41) is 8.81. The summed E-state index contributed by atoms with van der Waals surface area (Å²) in [4.78, 5) is 0. The molecule has 0 saturated carbocycles. The highest BCUT2D eigenvalue weighted by atomic mass is 35.5. The van der Waals surface area contributed by atoms with Gasteiger partial charge in [0.2, 0.25) is 0 Å². The van der Waals surface area contributed by atoms with Gasteiger partial charge >= 0.3 is 0 Å². The molecule has 0 aliphatic heterocycles. The van der Waals surface area contributed by atoms with Gasteiger partial charge in [0.05, 0.1) is 0 Å². The number of aromatic hydroxyl groups is 1. The normalized spacial score (nSPS) is 8.11. The van der Waals surface area contributed by atoms with E-state index in [2.05, 4.69) is 0 Å². The van der Waals surface area contributed by atoms with Crippen LogP contribution in [0.1, 0.15) is 5.56 Å². The molecule has 1 N–H and O–H groups in total. The lowest BCUT2D eigenvalue weighted by molar-refractivity contribution is 0.475. The van der Waals surface area contributed by atoms with Crippen LogP contribution in [0.15, 0.2) is 24.3 Å². The van der Waals surface area contributed by atoms with Crippen molar-refractivity contribution in [3.8, 4) is 5.75 Å². The van der Waals surface area contributed by atoms with Gasteiger partial charge in [0, 0.05) is 0 Å². The van der Waals surface area contributed by atoms with E-state index in [1.165, 1.54) is 0 Å². The van der Waals surface area contributed by atoms with E-state index in [1.807, 2.05) is 19.1 Å². The van der Waals surface area contributed by atoms with Gasteiger partial charge in [-0.05, 0) is 24.6 Å². The van der Waals surface area contributed by atoms with Gasteiger partial charge in [-0.1, -0.05) is 12.1 Å². The van der Waals surface area contributed by atoms with Gasteiger partial charge in [-0.15, -0.1) is 12.4 Å². The molecule has 1 aromatic carbocycles. The van der Waals surface area contributed by atoms with Crippen molar-refractivity contribution < 1.29 is 5.11 Å². The second-order valence-corrected chi connectivity index (χ2v) is 1.84. The molecule has 0 heterocycles. The Kier molecular flexibility index (Phi) is 3.10. The largest absolute Gasteiger partial charge is 0.508 e. The Hall–Kier alpha value is -0.690. The molecule has 50 valence electrons. The first-order valence-corrected chi connectivity index (χ1v) is 2.54. The first-order chi connectivity index (χ1) is 3.79. The van der Waals surface area contributed by atoms with E-state index in [9.17, 15) is 0 Å². The van der Waals surface area contributed by atoms with Crippen molar-refractivity contribution in [3.05, 3.63) is 29.8 Å². The average molecular weight is 145 g/mol. The first kappa shape index (κ1) is 8.31. The van der Waals surface area contributed by atoms with Crippen LogP contribution in [0.3, 0.4) is 0 Å². The summed E-state index contributed by atoms with van der Waals surface area (Å²) >= 11 is 0. The molecule has 0 saturated heterocycles. The summed E-state index contributed by atoms with van der Waals surface area (Å²) in [6.07, 6.45) is 0. The fourth-order valence-electron chi connectivity index (χ4n) is 0.628. The Bertz CT molecular complexity index is 169. The van der Waals surface area contributed by atoms with E-state index < -0.39 is 0 Å². The number of phenols is 1. The van der Waals surface area contributed by atoms with Crippen molar-refractivity contribution in [1.82, 2.24) is 0 Å². The SMILES string of the molecule is Cc1cccc(O)c1.Cl. The van der Waals surface area contributed by atoms with Gasteiger partial charge in [0.25, 0.3) is 0 Å². The summed E-state index contributed by atoms with van der Waals surface area (Å²) in [6, 6.07) is 7.15. The Morgan fingerprint density at radius 2 is 2.00 bits per heavy atom. The van der Waals surface area contributed by atoms with E-state index in [0.29, 0.717) is 5.75 Å². The van der Waals surface area contributed by atoms with Crippen LogP contribution in [0.4, 0.5) is 0 Å². The van der Waals surface area contributed by atoms with Crippen molar-refractivity contribution in [3.63, 3.8) is 0 Å². The summed E-state index contributed by atoms with van der Waals surface area (Å²) in [7, 11) is 0.